The van der Waals surface area contributed by atoms with Gasteiger partial charge in [-0.05, 0) is 18.1 Å². The highest BCUT2D eigenvalue weighted by atomic mass is 35.5. The van der Waals surface area contributed by atoms with Gasteiger partial charge in [0.05, 0.1) is 5.25 Å². The number of nitrogens with one attached hydrogen (secondary N) is 1. The van der Waals surface area contributed by atoms with Crippen LogP contribution in [0.4, 0.5) is 5.13 Å². The van der Waals surface area contributed by atoms with Crippen molar-refractivity contribution >= 4 is 68.2 Å². The Labute approximate surface area is 170 Å². The quantitative estimate of drug-likeness (QED) is 0.709. The zero-order valence-corrected chi connectivity index (χ0v) is 17.1. The van der Waals surface area contributed by atoms with Crippen LogP contribution in [0.25, 0.3) is 0 Å². The predicted octanol–water partition coefficient (Wildman–Crippen LogP) is 3.96. The minimum atomic E-state index is -0.309. The Balaban J connectivity index is 1.59. The maximum Gasteiger partial charge on any atom is 0.246 e. The van der Waals surface area contributed by atoms with E-state index in [0.717, 1.165) is 10.4 Å². The van der Waals surface area contributed by atoms with Gasteiger partial charge in [-0.25, -0.2) is 4.98 Å². The first-order valence-corrected chi connectivity index (χ1v) is 10.5. The number of thioether (sulfide) groups is 1. The van der Waals surface area contributed by atoms with Crippen molar-refractivity contribution in [3.8, 4) is 0 Å². The zero-order valence-electron chi connectivity index (χ0n) is 13.9. The Kier molecular flexibility index (Phi) is 6.29. The van der Waals surface area contributed by atoms with Gasteiger partial charge in [-0.3, -0.25) is 14.5 Å². The van der Waals surface area contributed by atoms with Gasteiger partial charge < -0.3 is 5.32 Å². The first kappa shape index (κ1) is 19.3. The largest absolute Gasteiger partial charge is 0.300 e. The van der Waals surface area contributed by atoms with E-state index in [1.165, 1.54) is 28.0 Å². The van der Waals surface area contributed by atoms with Crippen molar-refractivity contribution in [3.05, 3.63) is 45.9 Å². The first-order valence-electron chi connectivity index (χ1n) is 7.98. The molecule has 1 unspecified atom stereocenters. The van der Waals surface area contributed by atoms with Gasteiger partial charge in [0, 0.05) is 22.5 Å². The van der Waals surface area contributed by atoms with Gasteiger partial charge in [-0.2, -0.15) is 0 Å². The van der Waals surface area contributed by atoms with Gasteiger partial charge in [-0.15, -0.1) is 11.3 Å². The molecule has 1 saturated heterocycles. The lowest BCUT2D eigenvalue weighted by Crippen LogP contribution is -2.38. The van der Waals surface area contributed by atoms with Gasteiger partial charge in [0.25, 0.3) is 0 Å². The molecule has 0 radical (unpaired) electrons. The second-order valence-electron chi connectivity index (χ2n) is 5.65. The Hall–Kier alpha value is -1.48. The lowest BCUT2D eigenvalue weighted by Gasteiger charge is -2.14. The lowest BCUT2D eigenvalue weighted by molar-refractivity contribution is -0.129. The summed E-state index contributed by atoms with van der Waals surface area (Å²) in [6.07, 6.45) is 3.06. The normalized spacial score (nSPS) is 17.0. The summed E-state index contributed by atoms with van der Waals surface area (Å²) in [6.45, 7) is 1.85. The van der Waals surface area contributed by atoms with Crippen LogP contribution >= 0.6 is 46.9 Å². The Bertz CT molecular complexity index is 855. The first-order chi connectivity index (χ1) is 12.5. The summed E-state index contributed by atoms with van der Waals surface area (Å²) in [5.41, 5.74) is 1.01. The number of benzene rings is 1. The van der Waals surface area contributed by atoms with E-state index in [-0.39, 0.29) is 23.6 Å². The Morgan fingerprint density at radius 1 is 1.42 bits per heavy atom. The number of amides is 2. The van der Waals surface area contributed by atoms with Crippen molar-refractivity contribution in [2.45, 2.75) is 25.0 Å². The fraction of sp³-hybridized carbons (Fsp3) is 0.294. The molecule has 2 aromatic rings. The van der Waals surface area contributed by atoms with Crippen molar-refractivity contribution in [3.63, 3.8) is 0 Å². The molecule has 1 N–H and O–H groups in total. The molecular formula is C17H16ClN3O2S3. The number of halogens is 1. The van der Waals surface area contributed by atoms with E-state index >= 15 is 0 Å². The minimum absolute atomic E-state index is 0.0827. The van der Waals surface area contributed by atoms with Crippen LogP contribution in [0.1, 0.15) is 23.8 Å². The molecule has 26 heavy (non-hydrogen) atoms. The monoisotopic (exact) mass is 425 g/mol. The topological polar surface area (TPSA) is 62.3 Å². The SMILES string of the molecule is CCC1SC(=S)N(CC(=O)Nc2ncc(Cc3ccccc3Cl)s2)C1=O. The summed E-state index contributed by atoms with van der Waals surface area (Å²) in [4.78, 5) is 31.0. The number of carbonyl (C=O) groups is 2. The number of rotatable bonds is 6. The van der Waals surface area contributed by atoms with Gasteiger partial charge in [0.2, 0.25) is 11.8 Å². The van der Waals surface area contributed by atoms with Crippen molar-refractivity contribution in [2.24, 2.45) is 0 Å². The van der Waals surface area contributed by atoms with Gasteiger partial charge in [-0.1, -0.05) is 60.7 Å². The maximum atomic E-state index is 12.2. The van der Waals surface area contributed by atoms with Gasteiger partial charge in [0.1, 0.15) is 10.9 Å². The van der Waals surface area contributed by atoms with Crippen LogP contribution in [0, 0.1) is 0 Å². The molecule has 3 rings (SSSR count). The van der Waals surface area contributed by atoms with Crippen molar-refractivity contribution < 1.29 is 9.59 Å². The van der Waals surface area contributed by atoms with Crippen LogP contribution in [0.3, 0.4) is 0 Å². The standard InChI is InChI=1S/C17H16ClN3O2S3/c1-2-13-15(23)21(17(24)26-13)9-14(22)20-16-19-8-11(25-16)7-10-5-3-4-6-12(10)18/h3-6,8,13H,2,7,9H2,1H3,(H,19,20,22). The van der Waals surface area contributed by atoms with Crippen molar-refractivity contribution in [1.82, 2.24) is 9.88 Å². The maximum absolute atomic E-state index is 12.2. The van der Waals surface area contributed by atoms with Crippen molar-refractivity contribution in [2.75, 3.05) is 11.9 Å². The fourth-order valence-electron chi connectivity index (χ4n) is 2.48. The second-order valence-corrected chi connectivity index (χ2v) is 9.01. The summed E-state index contributed by atoms with van der Waals surface area (Å²) >= 11 is 14.1. The van der Waals surface area contributed by atoms with E-state index in [2.05, 4.69) is 10.3 Å². The highest BCUT2D eigenvalue weighted by molar-refractivity contribution is 8.24. The molecule has 1 fully saturated rings. The number of thiocarbonyl (C=S) groups is 1. The average Bonchev–Trinajstić information content (AvgIpc) is 3.15. The van der Waals surface area contributed by atoms with Crippen LogP contribution in [0.2, 0.25) is 5.02 Å². The third-order valence-corrected chi connectivity index (χ3v) is 6.83. The van der Waals surface area contributed by atoms with E-state index in [1.807, 2.05) is 31.2 Å². The number of aromatic nitrogens is 1. The zero-order chi connectivity index (χ0) is 18.7. The number of thiazole rings is 1. The average molecular weight is 426 g/mol. The van der Waals surface area contributed by atoms with E-state index in [4.69, 9.17) is 23.8 Å². The molecule has 1 atom stereocenters. The van der Waals surface area contributed by atoms with E-state index in [1.54, 1.807) is 6.20 Å². The number of carbonyl (C=O) groups excluding carboxylic acids is 2. The molecule has 1 aliphatic rings. The predicted molar refractivity (Wildman–Crippen MR) is 111 cm³/mol. The molecule has 2 heterocycles. The molecular weight excluding hydrogens is 410 g/mol. The van der Waals surface area contributed by atoms with E-state index in [0.29, 0.717) is 27.3 Å². The lowest BCUT2D eigenvalue weighted by atomic mass is 10.1. The number of hydrogen-bond donors (Lipinski definition) is 1. The molecule has 0 spiro atoms. The number of anilines is 1. The molecule has 0 aliphatic carbocycles. The summed E-state index contributed by atoms with van der Waals surface area (Å²) in [7, 11) is 0. The van der Waals surface area contributed by atoms with E-state index < -0.39 is 0 Å². The molecule has 1 aromatic carbocycles. The molecule has 5 nitrogen and oxygen atoms in total. The van der Waals surface area contributed by atoms with Crippen LogP contribution < -0.4 is 5.32 Å². The Morgan fingerprint density at radius 2 is 2.19 bits per heavy atom. The number of hydrogen-bond acceptors (Lipinski definition) is 6. The van der Waals surface area contributed by atoms with Gasteiger partial charge >= 0.3 is 0 Å². The highest BCUT2D eigenvalue weighted by Crippen LogP contribution is 2.29. The third kappa shape index (κ3) is 4.43. The van der Waals surface area contributed by atoms with Gasteiger partial charge in [0.15, 0.2) is 5.13 Å². The molecule has 9 heteroatoms. The molecule has 136 valence electrons. The summed E-state index contributed by atoms with van der Waals surface area (Å²) in [5, 5.41) is 3.75. The molecule has 1 aliphatic heterocycles. The van der Waals surface area contributed by atoms with Crippen LogP contribution in [0.5, 0.6) is 0 Å². The molecule has 0 saturated carbocycles. The summed E-state index contributed by atoms with van der Waals surface area (Å²) in [5.74, 6) is -0.409. The van der Waals surface area contributed by atoms with E-state index in [9.17, 15) is 9.59 Å². The highest BCUT2D eigenvalue weighted by Gasteiger charge is 2.36. The smallest absolute Gasteiger partial charge is 0.246 e. The third-order valence-electron chi connectivity index (χ3n) is 3.80. The van der Waals surface area contributed by atoms with Crippen LogP contribution in [-0.2, 0) is 16.0 Å². The number of nitrogens with zero attached hydrogens (tertiary/aromatic N) is 2. The van der Waals surface area contributed by atoms with Crippen LogP contribution in [0.15, 0.2) is 30.5 Å². The summed E-state index contributed by atoms with van der Waals surface area (Å²) in [6, 6.07) is 7.62. The second kappa shape index (κ2) is 8.47. The molecule has 0 bridgehead atoms. The molecule has 2 amide bonds. The fourth-order valence-corrected chi connectivity index (χ4v) is 4.96. The Morgan fingerprint density at radius 3 is 2.88 bits per heavy atom. The minimum Gasteiger partial charge on any atom is -0.300 e. The van der Waals surface area contributed by atoms with Crippen molar-refractivity contribution in [1.29, 1.82) is 0 Å². The summed E-state index contributed by atoms with van der Waals surface area (Å²) < 4.78 is 0.454. The molecule has 1 aromatic heterocycles. The van der Waals surface area contributed by atoms with Crippen LogP contribution in [-0.4, -0.2) is 37.8 Å².